The highest BCUT2D eigenvalue weighted by Gasteiger charge is 2.26. The summed E-state index contributed by atoms with van der Waals surface area (Å²) in [6, 6.07) is 10.3. The molecule has 7 nitrogen and oxygen atoms in total. The Morgan fingerprint density at radius 3 is 2.71 bits per heavy atom. The summed E-state index contributed by atoms with van der Waals surface area (Å²) in [6.45, 7) is 1.89. The maximum Gasteiger partial charge on any atom is 0.306 e. The number of carboxylic acids is 1. The zero-order valence-corrected chi connectivity index (χ0v) is 17.1. The van der Waals surface area contributed by atoms with Gasteiger partial charge < -0.3 is 10.4 Å². The largest absolute Gasteiger partial charge is 0.481 e. The van der Waals surface area contributed by atoms with Crippen LogP contribution in [-0.2, 0) is 4.79 Å². The van der Waals surface area contributed by atoms with Crippen LogP contribution in [0.2, 0.25) is 0 Å². The molecule has 2 N–H and O–H groups in total. The zero-order chi connectivity index (χ0) is 22.0. The van der Waals surface area contributed by atoms with Crippen molar-refractivity contribution in [2.45, 2.75) is 38.6 Å². The third-order valence-corrected chi connectivity index (χ3v) is 5.61. The molecule has 0 unspecified atom stereocenters. The molecule has 1 aliphatic rings. The lowest BCUT2D eigenvalue weighted by Gasteiger charge is -2.26. The Kier molecular flexibility index (Phi) is 5.79. The molecule has 2 heterocycles. The smallest absolute Gasteiger partial charge is 0.306 e. The number of carboxylic acid groups (broad SMARTS) is 1. The first-order valence-corrected chi connectivity index (χ1v) is 10.2. The quantitative estimate of drug-likeness (QED) is 0.649. The normalized spacial score (nSPS) is 18.5. The van der Waals surface area contributed by atoms with E-state index in [0.29, 0.717) is 42.9 Å². The second kappa shape index (κ2) is 8.67. The van der Waals surface area contributed by atoms with Crippen molar-refractivity contribution in [2.75, 3.05) is 5.32 Å². The summed E-state index contributed by atoms with van der Waals surface area (Å²) < 4.78 is 16.1. The average Bonchev–Trinajstić information content (AvgIpc) is 2.77. The Morgan fingerprint density at radius 1 is 1.19 bits per heavy atom. The summed E-state index contributed by atoms with van der Waals surface area (Å²) >= 11 is 0. The van der Waals surface area contributed by atoms with Gasteiger partial charge >= 0.3 is 5.97 Å². The maximum atomic E-state index is 14.6. The number of pyridine rings is 1. The number of nitrogens with zero attached hydrogens (tertiary/aromatic N) is 3. The van der Waals surface area contributed by atoms with Crippen LogP contribution in [0.25, 0.3) is 16.9 Å². The van der Waals surface area contributed by atoms with E-state index in [0.717, 1.165) is 11.8 Å². The number of benzene rings is 1. The number of hydrogen-bond donors (Lipinski definition) is 2. The number of halogens is 1. The summed E-state index contributed by atoms with van der Waals surface area (Å²) in [5.74, 6) is -1.33. The Morgan fingerprint density at radius 2 is 1.97 bits per heavy atom. The van der Waals surface area contributed by atoms with Crippen LogP contribution < -0.4 is 10.9 Å². The molecule has 0 saturated heterocycles. The standard InChI is InChI=1S/C23H23FN4O3/c1-14-5-10-20(29)28(13-14)18-4-2-3-16(11-18)21-19(24)12-25-23(27-21)26-17-8-6-15(7-9-17)22(30)31/h2-5,10-13,15,17H,6-9H2,1H3,(H,30,31)(H,25,26,27). The summed E-state index contributed by atoms with van der Waals surface area (Å²) in [5, 5.41) is 12.3. The van der Waals surface area contributed by atoms with Crippen molar-refractivity contribution in [3.05, 3.63) is 70.5 Å². The molecule has 0 bridgehead atoms. The van der Waals surface area contributed by atoms with Crippen LogP contribution in [0.4, 0.5) is 10.3 Å². The van der Waals surface area contributed by atoms with E-state index in [1.54, 1.807) is 36.5 Å². The molecule has 0 spiro atoms. The summed E-state index contributed by atoms with van der Waals surface area (Å²) in [4.78, 5) is 31.8. The van der Waals surface area contributed by atoms with Gasteiger partial charge in [0.1, 0.15) is 5.69 Å². The van der Waals surface area contributed by atoms with E-state index in [2.05, 4.69) is 15.3 Å². The van der Waals surface area contributed by atoms with Gasteiger partial charge in [-0.3, -0.25) is 14.2 Å². The average molecular weight is 422 g/mol. The molecule has 2 aromatic heterocycles. The molecular weight excluding hydrogens is 399 g/mol. The SMILES string of the molecule is Cc1ccc(=O)n(-c2cccc(-c3nc(NC4CCC(C(=O)O)CC4)ncc3F)c2)c1. The first kappa shape index (κ1) is 20.7. The predicted octanol–water partition coefficient (Wildman–Crippen LogP) is 3.80. The van der Waals surface area contributed by atoms with Crippen molar-refractivity contribution in [1.29, 1.82) is 0 Å². The number of nitrogens with one attached hydrogen (secondary N) is 1. The number of anilines is 1. The van der Waals surface area contributed by atoms with Crippen LogP contribution in [0.15, 0.2) is 53.6 Å². The minimum absolute atomic E-state index is 0.0473. The maximum absolute atomic E-state index is 14.6. The lowest BCUT2D eigenvalue weighted by Crippen LogP contribution is -2.29. The molecule has 31 heavy (non-hydrogen) atoms. The van der Waals surface area contributed by atoms with E-state index < -0.39 is 11.8 Å². The van der Waals surface area contributed by atoms with Crippen LogP contribution in [-0.4, -0.2) is 31.7 Å². The zero-order valence-electron chi connectivity index (χ0n) is 17.1. The molecule has 8 heteroatoms. The molecule has 0 amide bonds. The topological polar surface area (TPSA) is 97.1 Å². The number of aromatic nitrogens is 3. The number of aliphatic carboxylic acids is 1. The van der Waals surface area contributed by atoms with Gasteiger partial charge in [0.25, 0.3) is 5.56 Å². The molecule has 3 aromatic rings. The number of hydrogen-bond acceptors (Lipinski definition) is 5. The first-order chi connectivity index (χ1) is 14.9. The van der Waals surface area contributed by atoms with E-state index in [9.17, 15) is 14.0 Å². The van der Waals surface area contributed by atoms with Crippen molar-refractivity contribution >= 4 is 11.9 Å². The number of aryl methyl sites for hydroxylation is 1. The van der Waals surface area contributed by atoms with Crippen molar-refractivity contribution in [2.24, 2.45) is 5.92 Å². The van der Waals surface area contributed by atoms with Crippen LogP contribution in [0, 0.1) is 18.7 Å². The van der Waals surface area contributed by atoms with Gasteiger partial charge in [-0.15, -0.1) is 0 Å². The molecule has 0 radical (unpaired) electrons. The lowest BCUT2D eigenvalue weighted by atomic mass is 9.86. The van der Waals surface area contributed by atoms with Crippen molar-refractivity contribution in [3.63, 3.8) is 0 Å². The van der Waals surface area contributed by atoms with Crippen molar-refractivity contribution < 1.29 is 14.3 Å². The first-order valence-electron chi connectivity index (χ1n) is 10.2. The number of rotatable bonds is 5. The highest BCUT2D eigenvalue weighted by atomic mass is 19.1. The second-order valence-corrected chi connectivity index (χ2v) is 7.89. The third-order valence-electron chi connectivity index (χ3n) is 5.61. The van der Waals surface area contributed by atoms with E-state index in [4.69, 9.17) is 5.11 Å². The molecule has 4 rings (SSSR count). The molecule has 1 fully saturated rings. The Balaban J connectivity index is 1.59. The highest BCUT2D eigenvalue weighted by molar-refractivity contribution is 5.70. The molecule has 0 atom stereocenters. The molecule has 1 aliphatic carbocycles. The van der Waals surface area contributed by atoms with E-state index in [1.807, 2.05) is 6.92 Å². The van der Waals surface area contributed by atoms with Crippen LogP contribution in [0.5, 0.6) is 0 Å². The lowest BCUT2D eigenvalue weighted by molar-refractivity contribution is -0.142. The minimum Gasteiger partial charge on any atom is -0.481 e. The van der Waals surface area contributed by atoms with Gasteiger partial charge in [-0.25, -0.2) is 14.4 Å². The van der Waals surface area contributed by atoms with Gasteiger partial charge in [-0.1, -0.05) is 18.2 Å². The highest BCUT2D eigenvalue weighted by Crippen LogP contribution is 2.28. The summed E-state index contributed by atoms with van der Waals surface area (Å²) in [7, 11) is 0. The minimum atomic E-state index is -0.758. The molecule has 1 saturated carbocycles. The number of carbonyl (C=O) groups is 1. The fourth-order valence-electron chi connectivity index (χ4n) is 3.90. The van der Waals surface area contributed by atoms with Crippen LogP contribution >= 0.6 is 0 Å². The monoisotopic (exact) mass is 422 g/mol. The Hall–Kier alpha value is -3.55. The van der Waals surface area contributed by atoms with E-state index in [-0.39, 0.29) is 23.2 Å². The summed E-state index contributed by atoms with van der Waals surface area (Å²) in [5.41, 5.74) is 2.04. The fraction of sp³-hybridized carbons (Fsp3) is 0.304. The second-order valence-electron chi connectivity index (χ2n) is 7.89. The Labute approximate surface area is 178 Å². The van der Waals surface area contributed by atoms with Gasteiger partial charge in [0.2, 0.25) is 5.95 Å². The molecule has 1 aromatic carbocycles. The fourth-order valence-corrected chi connectivity index (χ4v) is 3.90. The van der Waals surface area contributed by atoms with Gasteiger partial charge in [-0.2, -0.15) is 0 Å². The predicted molar refractivity (Wildman–Crippen MR) is 115 cm³/mol. The molecule has 160 valence electrons. The Bertz CT molecular complexity index is 1170. The van der Waals surface area contributed by atoms with E-state index in [1.165, 1.54) is 10.6 Å². The molecular formula is C23H23FN4O3. The summed E-state index contributed by atoms with van der Waals surface area (Å²) in [6.07, 6.45) is 5.43. The van der Waals surface area contributed by atoms with Crippen molar-refractivity contribution in [3.8, 4) is 16.9 Å². The van der Waals surface area contributed by atoms with Crippen molar-refractivity contribution in [1.82, 2.24) is 14.5 Å². The van der Waals surface area contributed by atoms with Gasteiger partial charge in [-0.05, 0) is 50.3 Å². The van der Waals surface area contributed by atoms with Gasteiger partial charge in [0, 0.05) is 29.6 Å². The van der Waals surface area contributed by atoms with Gasteiger partial charge in [0.15, 0.2) is 5.82 Å². The van der Waals surface area contributed by atoms with E-state index >= 15 is 0 Å². The van der Waals surface area contributed by atoms with Gasteiger partial charge in [0.05, 0.1) is 12.1 Å². The van der Waals surface area contributed by atoms with Crippen LogP contribution in [0.1, 0.15) is 31.2 Å². The van der Waals surface area contributed by atoms with Crippen LogP contribution in [0.3, 0.4) is 0 Å². The third kappa shape index (κ3) is 4.63. The molecule has 0 aliphatic heterocycles.